The Morgan fingerprint density at radius 2 is 2.36 bits per heavy atom. The number of nitrogens with one attached hydrogen (secondary N) is 1. The summed E-state index contributed by atoms with van der Waals surface area (Å²) >= 11 is 0. The first-order valence-electron chi connectivity index (χ1n) is 4.64. The molecule has 1 heterocycles. The van der Waals surface area contributed by atoms with Crippen LogP contribution in [0.15, 0.2) is 18.2 Å². The first-order chi connectivity index (χ1) is 6.77. The Hall–Kier alpha value is -1.13. The van der Waals surface area contributed by atoms with Crippen molar-refractivity contribution in [2.75, 3.05) is 25.4 Å². The minimum absolute atomic E-state index is 0.0566. The number of rotatable bonds is 1. The molecule has 4 heteroatoms. The molecule has 1 saturated heterocycles. The van der Waals surface area contributed by atoms with E-state index < -0.39 is 0 Å². The van der Waals surface area contributed by atoms with Crippen molar-refractivity contribution in [1.29, 1.82) is 0 Å². The predicted molar refractivity (Wildman–Crippen MR) is 52.4 cm³/mol. The fraction of sp³-hybridized carbons (Fsp3) is 0.400. The van der Waals surface area contributed by atoms with Crippen LogP contribution in [-0.2, 0) is 4.74 Å². The predicted octanol–water partition coefficient (Wildman–Crippen LogP) is 1.07. The van der Waals surface area contributed by atoms with Crippen molar-refractivity contribution < 1.29 is 9.13 Å². The third-order valence-corrected chi connectivity index (χ3v) is 2.32. The van der Waals surface area contributed by atoms with Crippen LogP contribution in [0, 0.1) is 5.82 Å². The highest BCUT2D eigenvalue weighted by Crippen LogP contribution is 2.21. The lowest BCUT2D eigenvalue weighted by Gasteiger charge is -2.24. The molecular weight excluding hydrogens is 183 g/mol. The van der Waals surface area contributed by atoms with Gasteiger partial charge >= 0.3 is 0 Å². The van der Waals surface area contributed by atoms with Gasteiger partial charge in [-0.1, -0.05) is 6.07 Å². The first kappa shape index (κ1) is 9.43. The van der Waals surface area contributed by atoms with Gasteiger partial charge in [0.1, 0.15) is 5.82 Å². The van der Waals surface area contributed by atoms with Crippen molar-refractivity contribution in [1.82, 2.24) is 5.32 Å². The Labute approximate surface area is 82.1 Å². The van der Waals surface area contributed by atoms with Crippen LogP contribution < -0.4 is 11.1 Å². The van der Waals surface area contributed by atoms with Crippen LogP contribution in [0.3, 0.4) is 0 Å². The van der Waals surface area contributed by atoms with Crippen LogP contribution in [0.25, 0.3) is 0 Å². The van der Waals surface area contributed by atoms with E-state index in [1.54, 1.807) is 12.1 Å². The van der Waals surface area contributed by atoms with Crippen LogP contribution in [0.2, 0.25) is 0 Å². The average Bonchev–Trinajstić information content (AvgIpc) is 2.23. The standard InChI is InChI=1S/C10H13FN2O/c11-8-5-7(1-2-9(8)12)10-6-13-3-4-14-10/h1-2,5,10,13H,3-4,6,12H2. The van der Waals surface area contributed by atoms with E-state index in [4.69, 9.17) is 10.5 Å². The second-order valence-corrected chi connectivity index (χ2v) is 3.34. The minimum Gasteiger partial charge on any atom is -0.396 e. The average molecular weight is 196 g/mol. The van der Waals surface area contributed by atoms with Crippen molar-refractivity contribution >= 4 is 5.69 Å². The normalized spacial score (nSPS) is 22.2. The molecule has 76 valence electrons. The number of nitrogens with two attached hydrogens (primary N) is 1. The molecule has 1 atom stereocenters. The second kappa shape index (κ2) is 3.94. The molecule has 1 fully saturated rings. The highest BCUT2D eigenvalue weighted by atomic mass is 19.1. The summed E-state index contributed by atoms with van der Waals surface area (Å²) in [6.07, 6.45) is -0.0566. The van der Waals surface area contributed by atoms with Crippen LogP contribution in [0.4, 0.5) is 10.1 Å². The molecule has 0 aromatic heterocycles. The van der Waals surface area contributed by atoms with Gasteiger partial charge in [-0.15, -0.1) is 0 Å². The molecule has 1 aliphatic rings. The summed E-state index contributed by atoms with van der Waals surface area (Å²) in [5.74, 6) is -0.378. The molecule has 0 spiro atoms. The number of halogens is 1. The summed E-state index contributed by atoms with van der Waals surface area (Å²) < 4.78 is 18.6. The molecule has 2 rings (SSSR count). The molecule has 3 N–H and O–H groups in total. The smallest absolute Gasteiger partial charge is 0.146 e. The highest BCUT2D eigenvalue weighted by molar-refractivity contribution is 5.41. The third-order valence-electron chi connectivity index (χ3n) is 2.32. The largest absolute Gasteiger partial charge is 0.396 e. The van der Waals surface area contributed by atoms with Crippen LogP contribution in [0.1, 0.15) is 11.7 Å². The zero-order chi connectivity index (χ0) is 9.97. The highest BCUT2D eigenvalue weighted by Gasteiger charge is 2.16. The lowest BCUT2D eigenvalue weighted by Crippen LogP contribution is -2.33. The van der Waals surface area contributed by atoms with Crippen molar-refractivity contribution in [2.24, 2.45) is 0 Å². The van der Waals surface area contributed by atoms with Crippen LogP contribution >= 0.6 is 0 Å². The maximum absolute atomic E-state index is 13.1. The van der Waals surface area contributed by atoms with E-state index in [1.165, 1.54) is 6.07 Å². The number of ether oxygens (including phenoxy) is 1. The minimum atomic E-state index is -0.378. The number of nitrogen functional groups attached to an aromatic ring is 1. The molecule has 0 bridgehead atoms. The Bertz CT molecular complexity index is 324. The van der Waals surface area contributed by atoms with Gasteiger partial charge in [-0.3, -0.25) is 0 Å². The second-order valence-electron chi connectivity index (χ2n) is 3.34. The van der Waals surface area contributed by atoms with E-state index in [-0.39, 0.29) is 17.6 Å². The lowest BCUT2D eigenvalue weighted by atomic mass is 10.1. The number of hydrogen-bond acceptors (Lipinski definition) is 3. The zero-order valence-corrected chi connectivity index (χ0v) is 7.79. The maximum Gasteiger partial charge on any atom is 0.146 e. The third kappa shape index (κ3) is 1.86. The van der Waals surface area contributed by atoms with Gasteiger partial charge in [-0.2, -0.15) is 0 Å². The summed E-state index contributed by atoms with van der Waals surface area (Å²) in [5.41, 5.74) is 6.40. The lowest BCUT2D eigenvalue weighted by molar-refractivity contribution is 0.0275. The van der Waals surface area contributed by atoms with Crippen molar-refractivity contribution in [2.45, 2.75) is 6.10 Å². The van der Waals surface area contributed by atoms with E-state index in [0.29, 0.717) is 6.61 Å². The zero-order valence-electron chi connectivity index (χ0n) is 7.79. The SMILES string of the molecule is Nc1ccc(C2CNCCO2)cc1F. The Morgan fingerprint density at radius 1 is 1.50 bits per heavy atom. The Balaban J connectivity index is 2.18. The number of hydrogen-bond donors (Lipinski definition) is 2. The fourth-order valence-electron chi connectivity index (χ4n) is 1.52. The van der Waals surface area contributed by atoms with Crippen molar-refractivity contribution in [3.05, 3.63) is 29.6 Å². The number of anilines is 1. The molecule has 14 heavy (non-hydrogen) atoms. The topological polar surface area (TPSA) is 47.3 Å². The van der Waals surface area contributed by atoms with Crippen LogP contribution in [0.5, 0.6) is 0 Å². The van der Waals surface area contributed by atoms with E-state index in [2.05, 4.69) is 5.32 Å². The first-order valence-corrected chi connectivity index (χ1v) is 4.64. The van der Waals surface area contributed by atoms with E-state index in [9.17, 15) is 4.39 Å². The van der Waals surface area contributed by atoms with Gasteiger partial charge in [0.25, 0.3) is 0 Å². The molecule has 1 unspecified atom stereocenters. The molecule has 1 aliphatic heterocycles. The summed E-state index contributed by atoms with van der Waals surface area (Å²) in [6, 6.07) is 4.81. The summed E-state index contributed by atoms with van der Waals surface area (Å²) in [5, 5.41) is 3.19. The van der Waals surface area contributed by atoms with E-state index in [0.717, 1.165) is 18.7 Å². The molecule has 0 aliphatic carbocycles. The molecule has 3 nitrogen and oxygen atoms in total. The molecule has 0 radical (unpaired) electrons. The molecular formula is C10H13FN2O. The number of benzene rings is 1. The van der Waals surface area contributed by atoms with Crippen molar-refractivity contribution in [3.63, 3.8) is 0 Å². The molecule has 1 aromatic rings. The van der Waals surface area contributed by atoms with Gasteiger partial charge < -0.3 is 15.8 Å². The van der Waals surface area contributed by atoms with Crippen molar-refractivity contribution in [3.8, 4) is 0 Å². The van der Waals surface area contributed by atoms with Gasteiger partial charge in [0.05, 0.1) is 18.4 Å². The number of morpholine rings is 1. The fourth-order valence-corrected chi connectivity index (χ4v) is 1.52. The van der Waals surface area contributed by atoms with Crippen LogP contribution in [-0.4, -0.2) is 19.7 Å². The summed E-state index contributed by atoms with van der Waals surface area (Å²) in [7, 11) is 0. The van der Waals surface area contributed by atoms with Gasteiger partial charge in [-0.05, 0) is 17.7 Å². The van der Waals surface area contributed by atoms with Gasteiger partial charge in [0.2, 0.25) is 0 Å². The summed E-state index contributed by atoms with van der Waals surface area (Å²) in [4.78, 5) is 0. The summed E-state index contributed by atoms with van der Waals surface area (Å²) in [6.45, 7) is 2.24. The molecule has 1 aromatic carbocycles. The Kier molecular flexibility index (Phi) is 2.65. The van der Waals surface area contributed by atoms with E-state index in [1.807, 2.05) is 0 Å². The monoisotopic (exact) mass is 196 g/mol. The van der Waals surface area contributed by atoms with Gasteiger partial charge in [0.15, 0.2) is 0 Å². The maximum atomic E-state index is 13.1. The Morgan fingerprint density at radius 3 is 3.00 bits per heavy atom. The van der Waals surface area contributed by atoms with E-state index >= 15 is 0 Å². The van der Waals surface area contributed by atoms with Gasteiger partial charge in [-0.25, -0.2) is 4.39 Å². The quantitative estimate of drug-likeness (QED) is 0.660. The molecule has 0 saturated carbocycles. The van der Waals surface area contributed by atoms with Gasteiger partial charge in [0, 0.05) is 13.1 Å². The molecule has 0 amide bonds.